The van der Waals surface area contributed by atoms with Crippen LogP contribution in [0.1, 0.15) is 51.3 Å². The zero-order chi connectivity index (χ0) is 14.5. The van der Waals surface area contributed by atoms with Gasteiger partial charge in [0.15, 0.2) is 0 Å². The van der Waals surface area contributed by atoms with E-state index in [-0.39, 0.29) is 0 Å². The molecule has 0 aromatic carbocycles. The first kappa shape index (κ1) is 15.3. The lowest BCUT2D eigenvalue weighted by Crippen LogP contribution is -2.26. The molecule has 1 aromatic heterocycles. The molecule has 0 aliphatic carbocycles. The fraction of sp³-hybridized carbons (Fsp3) is 0.706. The van der Waals surface area contributed by atoms with Crippen molar-refractivity contribution in [2.45, 2.75) is 59.5 Å². The lowest BCUT2D eigenvalue weighted by atomic mass is 10.0. The van der Waals surface area contributed by atoms with Gasteiger partial charge < -0.3 is 10.2 Å². The minimum absolute atomic E-state index is 0.519. The number of rotatable bonds is 4. The van der Waals surface area contributed by atoms with Crippen molar-refractivity contribution in [3.8, 4) is 0 Å². The molecule has 20 heavy (non-hydrogen) atoms. The van der Waals surface area contributed by atoms with E-state index in [4.69, 9.17) is 4.98 Å². The number of aromatic nitrogens is 1. The number of hydrogen-bond acceptors (Lipinski definition) is 3. The van der Waals surface area contributed by atoms with E-state index in [1.54, 1.807) is 0 Å². The summed E-state index contributed by atoms with van der Waals surface area (Å²) in [5, 5.41) is 3.49. The summed E-state index contributed by atoms with van der Waals surface area (Å²) in [6, 6.07) is 4.98. The Morgan fingerprint density at radius 2 is 2.10 bits per heavy atom. The summed E-state index contributed by atoms with van der Waals surface area (Å²) in [4.78, 5) is 7.22. The number of pyridine rings is 1. The fourth-order valence-electron chi connectivity index (χ4n) is 2.80. The van der Waals surface area contributed by atoms with E-state index in [9.17, 15) is 0 Å². The van der Waals surface area contributed by atoms with Crippen molar-refractivity contribution >= 4 is 5.82 Å². The Kier molecular flexibility index (Phi) is 5.41. The van der Waals surface area contributed by atoms with E-state index < -0.39 is 0 Å². The molecule has 0 saturated carbocycles. The Bertz CT molecular complexity index is 428. The molecule has 2 heterocycles. The third kappa shape index (κ3) is 4.48. The van der Waals surface area contributed by atoms with E-state index >= 15 is 0 Å². The maximum Gasteiger partial charge on any atom is 0.129 e. The van der Waals surface area contributed by atoms with E-state index in [0.717, 1.165) is 31.2 Å². The normalized spacial score (nSPS) is 20.2. The Hall–Kier alpha value is -1.09. The number of aryl methyl sites for hydroxylation is 1. The van der Waals surface area contributed by atoms with Crippen molar-refractivity contribution in [2.24, 2.45) is 5.92 Å². The Morgan fingerprint density at radius 1 is 1.30 bits per heavy atom. The van der Waals surface area contributed by atoms with Gasteiger partial charge in [0.25, 0.3) is 0 Å². The van der Waals surface area contributed by atoms with Crippen LogP contribution in [0.5, 0.6) is 0 Å². The summed E-state index contributed by atoms with van der Waals surface area (Å²) in [5.41, 5.74) is 2.47. The van der Waals surface area contributed by atoms with Gasteiger partial charge in [0.2, 0.25) is 0 Å². The third-order valence-electron chi connectivity index (χ3n) is 4.05. The van der Waals surface area contributed by atoms with Crippen molar-refractivity contribution in [1.29, 1.82) is 0 Å². The molecular formula is C17H29N3. The highest BCUT2D eigenvalue weighted by atomic mass is 15.2. The second-order valence-corrected chi connectivity index (χ2v) is 6.53. The molecule has 0 amide bonds. The van der Waals surface area contributed by atoms with E-state index in [1.165, 1.54) is 30.6 Å². The highest BCUT2D eigenvalue weighted by molar-refractivity contribution is 5.42. The highest BCUT2D eigenvalue weighted by Gasteiger charge is 2.15. The fourth-order valence-corrected chi connectivity index (χ4v) is 2.80. The number of nitrogens with one attached hydrogen (secondary N) is 1. The SMILES string of the molecule is Cc1cc(CNC(C)C)cc(N2CCCC(C)CC2)n1. The van der Waals surface area contributed by atoms with Gasteiger partial charge in [-0.2, -0.15) is 0 Å². The van der Waals surface area contributed by atoms with Gasteiger partial charge in [0.1, 0.15) is 5.82 Å². The average Bonchev–Trinajstić information content (AvgIpc) is 2.60. The largest absolute Gasteiger partial charge is 0.357 e. The molecule has 1 N–H and O–H groups in total. The molecule has 0 spiro atoms. The molecule has 3 heteroatoms. The van der Waals surface area contributed by atoms with Crippen molar-refractivity contribution in [1.82, 2.24) is 10.3 Å². The second-order valence-electron chi connectivity index (χ2n) is 6.53. The summed E-state index contributed by atoms with van der Waals surface area (Å²) in [6.07, 6.45) is 3.93. The molecule has 1 fully saturated rings. The van der Waals surface area contributed by atoms with Crippen molar-refractivity contribution < 1.29 is 0 Å². The van der Waals surface area contributed by atoms with Crippen LogP contribution in [0.15, 0.2) is 12.1 Å². The maximum absolute atomic E-state index is 4.75. The van der Waals surface area contributed by atoms with Gasteiger partial charge in [-0.25, -0.2) is 4.98 Å². The van der Waals surface area contributed by atoms with Crippen LogP contribution in [0.4, 0.5) is 5.82 Å². The quantitative estimate of drug-likeness (QED) is 0.911. The van der Waals surface area contributed by atoms with Crippen LogP contribution in [0, 0.1) is 12.8 Å². The van der Waals surface area contributed by atoms with Gasteiger partial charge in [-0.15, -0.1) is 0 Å². The van der Waals surface area contributed by atoms with Crippen molar-refractivity contribution in [3.63, 3.8) is 0 Å². The van der Waals surface area contributed by atoms with Gasteiger partial charge in [-0.05, 0) is 49.8 Å². The molecule has 1 unspecified atom stereocenters. The number of hydrogen-bond donors (Lipinski definition) is 1. The molecule has 3 nitrogen and oxygen atoms in total. The highest BCUT2D eigenvalue weighted by Crippen LogP contribution is 2.22. The molecule has 0 bridgehead atoms. The van der Waals surface area contributed by atoms with Gasteiger partial charge >= 0.3 is 0 Å². The first-order valence-corrected chi connectivity index (χ1v) is 8.00. The molecular weight excluding hydrogens is 246 g/mol. The average molecular weight is 275 g/mol. The summed E-state index contributed by atoms with van der Waals surface area (Å²) >= 11 is 0. The maximum atomic E-state index is 4.75. The van der Waals surface area contributed by atoms with Crippen LogP contribution in [-0.2, 0) is 6.54 Å². The van der Waals surface area contributed by atoms with Gasteiger partial charge in [0, 0.05) is 31.4 Å². The molecule has 112 valence electrons. The van der Waals surface area contributed by atoms with Gasteiger partial charge in [0.05, 0.1) is 0 Å². The lowest BCUT2D eigenvalue weighted by Gasteiger charge is -2.23. The van der Waals surface area contributed by atoms with Crippen LogP contribution >= 0.6 is 0 Å². The van der Waals surface area contributed by atoms with Crippen molar-refractivity contribution in [2.75, 3.05) is 18.0 Å². The third-order valence-corrected chi connectivity index (χ3v) is 4.05. The van der Waals surface area contributed by atoms with E-state index in [2.05, 4.69) is 50.0 Å². The second kappa shape index (κ2) is 7.07. The predicted octanol–water partition coefficient (Wildman–Crippen LogP) is 3.51. The molecule has 1 aromatic rings. The van der Waals surface area contributed by atoms with Crippen molar-refractivity contribution in [3.05, 3.63) is 23.4 Å². The van der Waals surface area contributed by atoms with Gasteiger partial charge in [-0.3, -0.25) is 0 Å². The summed E-state index contributed by atoms with van der Waals surface area (Å²) < 4.78 is 0. The standard InChI is InChI=1S/C17H29N3/c1-13(2)18-12-16-10-15(4)19-17(11-16)20-8-5-6-14(3)7-9-20/h10-11,13-14,18H,5-9,12H2,1-4H3. The van der Waals surface area contributed by atoms with Gasteiger partial charge in [-0.1, -0.05) is 20.8 Å². The molecule has 2 rings (SSSR count). The predicted molar refractivity (Wildman–Crippen MR) is 86.2 cm³/mol. The van der Waals surface area contributed by atoms with Crippen LogP contribution < -0.4 is 10.2 Å². The minimum atomic E-state index is 0.519. The smallest absolute Gasteiger partial charge is 0.129 e. The zero-order valence-corrected chi connectivity index (χ0v) is 13.4. The summed E-state index contributed by atoms with van der Waals surface area (Å²) in [5.74, 6) is 2.02. The zero-order valence-electron chi connectivity index (χ0n) is 13.4. The van der Waals surface area contributed by atoms with Crippen LogP contribution in [0.25, 0.3) is 0 Å². The van der Waals surface area contributed by atoms with Crippen LogP contribution in [0.3, 0.4) is 0 Å². The summed E-state index contributed by atoms with van der Waals surface area (Å²) in [7, 11) is 0. The minimum Gasteiger partial charge on any atom is -0.357 e. The first-order valence-electron chi connectivity index (χ1n) is 8.00. The molecule has 1 aliphatic rings. The number of anilines is 1. The Morgan fingerprint density at radius 3 is 2.85 bits per heavy atom. The first-order chi connectivity index (χ1) is 9.54. The molecule has 1 aliphatic heterocycles. The lowest BCUT2D eigenvalue weighted by molar-refractivity contribution is 0.521. The Balaban J connectivity index is 2.10. The molecule has 0 radical (unpaired) electrons. The van der Waals surface area contributed by atoms with E-state index in [1.807, 2.05) is 0 Å². The topological polar surface area (TPSA) is 28.2 Å². The van der Waals surface area contributed by atoms with Crippen LogP contribution in [0.2, 0.25) is 0 Å². The Labute approximate surface area is 123 Å². The number of nitrogens with zero attached hydrogens (tertiary/aromatic N) is 2. The van der Waals surface area contributed by atoms with E-state index in [0.29, 0.717) is 6.04 Å². The summed E-state index contributed by atoms with van der Waals surface area (Å²) in [6.45, 7) is 12.1. The van der Waals surface area contributed by atoms with Crippen LogP contribution in [-0.4, -0.2) is 24.1 Å². The molecule has 1 saturated heterocycles. The monoisotopic (exact) mass is 275 g/mol. The molecule has 1 atom stereocenters.